The minimum atomic E-state index is -0.226. The fourth-order valence-corrected chi connectivity index (χ4v) is 5.17. The number of hydrogen-bond donors (Lipinski definition) is 1. The fourth-order valence-electron chi connectivity index (χ4n) is 3.98. The number of thiocarbonyl (C=S) groups is 1. The number of rotatable bonds is 5. The molecule has 0 bridgehead atoms. The van der Waals surface area contributed by atoms with Crippen LogP contribution in [0.5, 0.6) is 0 Å². The topological polar surface area (TPSA) is 54.2 Å². The molecule has 1 N–H and O–H groups in total. The van der Waals surface area contributed by atoms with Gasteiger partial charge in [0.25, 0.3) is 5.89 Å². The van der Waals surface area contributed by atoms with Crippen LogP contribution in [0.15, 0.2) is 76.3 Å². The van der Waals surface area contributed by atoms with Crippen LogP contribution in [0, 0.1) is 0 Å². The van der Waals surface area contributed by atoms with Gasteiger partial charge in [-0.2, -0.15) is 4.98 Å². The minimum Gasteiger partial charge on any atom is -0.351 e. The van der Waals surface area contributed by atoms with E-state index in [9.17, 15) is 0 Å². The van der Waals surface area contributed by atoms with Gasteiger partial charge in [0, 0.05) is 16.4 Å². The highest BCUT2D eigenvalue weighted by atomic mass is 35.5. The summed E-state index contributed by atoms with van der Waals surface area (Å²) in [5.41, 5.74) is 5.01. The molecule has 2 aromatic heterocycles. The van der Waals surface area contributed by atoms with Crippen molar-refractivity contribution in [2.45, 2.75) is 26.3 Å². The number of nitrogens with zero attached hydrogens (tertiary/aromatic N) is 3. The van der Waals surface area contributed by atoms with Crippen LogP contribution in [0.4, 0.5) is 5.69 Å². The number of nitrogens with one attached hydrogen (secondary N) is 1. The molecule has 3 heterocycles. The predicted molar refractivity (Wildman–Crippen MR) is 138 cm³/mol. The van der Waals surface area contributed by atoms with Gasteiger partial charge in [0.15, 0.2) is 5.11 Å². The van der Waals surface area contributed by atoms with Gasteiger partial charge in [-0.3, -0.25) is 4.90 Å². The van der Waals surface area contributed by atoms with Crippen molar-refractivity contribution in [2.75, 3.05) is 4.90 Å². The average Bonchev–Trinajstić information content (AvgIpc) is 3.51. The van der Waals surface area contributed by atoms with E-state index in [1.165, 1.54) is 5.56 Å². The van der Waals surface area contributed by atoms with E-state index >= 15 is 0 Å². The fraction of sp³-hybridized carbons (Fsp3) is 0.160. The molecule has 4 aromatic rings. The lowest BCUT2D eigenvalue weighted by molar-refractivity contribution is 0.404. The molecule has 0 radical (unpaired) electrons. The van der Waals surface area contributed by atoms with Crippen LogP contribution in [0.1, 0.15) is 36.9 Å². The highest BCUT2D eigenvalue weighted by Crippen LogP contribution is 2.39. The van der Waals surface area contributed by atoms with Crippen molar-refractivity contribution in [1.82, 2.24) is 15.5 Å². The van der Waals surface area contributed by atoms with Crippen molar-refractivity contribution >= 4 is 51.5 Å². The predicted octanol–water partition coefficient (Wildman–Crippen LogP) is 6.88. The van der Waals surface area contributed by atoms with Gasteiger partial charge in [-0.1, -0.05) is 60.1 Å². The summed E-state index contributed by atoms with van der Waals surface area (Å²) in [5.74, 6) is 1.03. The summed E-state index contributed by atoms with van der Waals surface area (Å²) >= 11 is 13.7. The number of aryl methyl sites for hydroxylation is 1. The number of hydrogen-bond acceptors (Lipinski definition) is 5. The maximum absolute atomic E-state index is 6.28. The Bertz CT molecular complexity index is 1330. The number of aromatic nitrogens is 2. The van der Waals surface area contributed by atoms with Crippen LogP contribution >= 0.6 is 35.2 Å². The van der Waals surface area contributed by atoms with Gasteiger partial charge in [-0.05, 0) is 66.3 Å². The molecule has 8 heteroatoms. The van der Waals surface area contributed by atoms with E-state index in [4.69, 9.17) is 33.3 Å². The highest BCUT2D eigenvalue weighted by molar-refractivity contribution is 7.80. The van der Waals surface area contributed by atoms with Crippen molar-refractivity contribution < 1.29 is 4.52 Å². The van der Waals surface area contributed by atoms with Crippen molar-refractivity contribution in [2.24, 2.45) is 0 Å². The van der Waals surface area contributed by atoms with Crippen LogP contribution in [-0.4, -0.2) is 15.3 Å². The zero-order valence-electron chi connectivity index (χ0n) is 18.1. The Kier molecular flexibility index (Phi) is 6.01. The Morgan fingerprint density at radius 2 is 1.97 bits per heavy atom. The summed E-state index contributed by atoms with van der Waals surface area (Å²) in [6.45, 7) is 4.16. The molecule has 166 valence electrons. The quantitative estimate of drug-likeness (QED) is 0.306. The number of anilines is 1. The number of thiophene rings is 1. The van der Waals surface area contributed by atoms with E-state index in [1.54, 1.807) is 11.3 Å². The summed E-state index contributed by atoms with van der Waals surface area (Å²) in [7, 11) is 0. The molecule has 1 atom stereocenters. The SMILES string of the molecule is CCc1ccc(C2NC(=S)N(c3cccc(Cl)c3)C(C)=C2c2nc(-c3cccs3)no2)cc1. The Balaban J connectivity index is 1.65. The first kappa shape index (κ1) is 21.8. The zero-order chi connectivity index (χ0) is 22.9. The normalized spacial score (nSPS) is 16.3. The summed E-state index contributed by atoms with van der Waals surface area (Å²) < 4.78 is 5.79. The van der Waals surface area contributed by atoms with Crippen LogP contribution < -0.4 is 10.2 Å². The largest absolute Gasteiger partial charge is 0.351 e. The van der Waals surface area contributed by atoms with Crippen LogP contribution in [0.25, 0.3) is 16.3 Å². The van der Waals surface area contributed by atoms with E-state index in [1.807, 2.05) is 53.6 Å². The molecular weight excluding hydrogens is 472 g/mol. The molecule has 0 saturated heterocycles. The van der Waals surface area contributed by atoms with Crippen molar-refractivity contribution in [3.63, 3.8) is 0 Å². The molecule has 5 rings (SSSR count). The number of allylic oxidation sites excluding steroid dienone is 1. The second kappa shape index (κ2) is 9.09. The minimum absolute atomic E-state index is 0.226. The Morgan fingerprint density at radius 1 is 1.15 bits per heavy atom. The zero-order valence-corrected chi connectivity index (χ0v) is 20.5. The molecule has 1 aliphatic rings. The third-order valence-corrected chi connectivity index (χ3v) is 7.07. The Hall–Kier alpha value is -3.00. The van der Waals surface area contributed by atoms with Gasteiger partial charge in [0.1, 0.15) is 0 Å². The summed E-state index contributed by atoms with van der Waals surface area (Å²) in [5, 5.41) is 11.0. The van der Waals surface area contributed by atoms with Gasteiger partial charge in [-0.15, -0.1) is 11.3 Å². The van der Waals surface area contributed by atoms with Crippen LogP contribution in [0.2, 0.25) is 5.02 Å². The third-order valence-electron chi connectivity index (χ3n) is 5.67. The third kappa shape index (κ3) is 4.19. The Labute approximate surface area is 206 Å². The lowest BCUT2D eigenvalue weighted by Crippen LogP contribution is -2.46. The lowest BCUT2D eigenvalue weighted by Gasteiger charge is -2.37. The molecule has 1 unspecified atom stereocenters. The van der Waals surface area contributed by atoms with E-state index in [2.05, 4.69) is 41.7 Å². The van der Waals surface area contributed by atoms with Crippen molar-refractivity contribution in [3.05, 3.63) is 93.8 Å². The molecular formula is C25H21ClN4OS2. The summed E-state index contributed by atoms with van der Waals surface area (Å²) in [6.07, 6.45) is 0.981. The molecule has 0 spiro atoms. The van der Waals surface area contributed by atoms with Crippen LogP contribution in [-0.2, 0) is 6.42 Å². The molecule has 0 saturated carbocycles. The second-order valence-corrected chi connectivity index (χ2v) is 9.46. The number of benzene rings is 2. The van der Waals surface area contributed by atoms with E-state index in [-0.39, 0.29) is 6.04 Å². The standard InChI is InChI=1S/C25H21ClN4OS2/c1-3-16-9-11-17(12-10-16)22-21(24-28-23(29-31-24)20-8-5-13-33-20)15(2)30(25(32)27-22)19-7-4-6-18(26)14-19/h4-14,22H,3H2,1-2H3,(H,27,32). The molecule has 0 fully saturated rings. The molecule has 1 aliphatic heterocycles. The summed E-state index contributed by atoms with van der Waals surface area (Å²) in [6, 6.07) is 19.9. The highest BCUT2D eigenvalue weighted by Gasteiger charge is 2.34. The first-order valence-corrected chi connectivity index (χ1v) is 12.3. The first-order valence-electron chi connectivity index (χ1n) is 10.6. The first-order chi connectivity index (χ1) is 16.0. The van der Waals surface area contributed by atoms with Crippen LogP contribution in [0.3, 0.4) is 0 Å². The molecule has 2 aromatic carbocycles. The van der Waals surface area contributed by atoms with E-state index < -0.39 is 0 Å². The summed E-state index contributed by atoms with van der Waals surface area (Å²) in [4.78, 5) is 7.66. The molecule has 5 nitrogen and oxygen atoms in total. The average molecular weight is 493 g/mol. The van der Waals surface area contributed by atoms with Gasteiger partial charge in [-0.25, -0.2) is 0 Å². The lowest BCUT2D eigenvalue weighted by atomic mass is 9.93. The van der Waals surface area contributed by atoms with Gasteiger partial charge in [0.05, 0.1) is 16.5 Å². The monoisotopic (exact) mass is 492 g/mol. The van der Waals surface area contributed by atoms with Gasteiger partial charge >= 0.3 is 0 Å². The van der Waals surface area contributed by atoms with Crippen molar-refractivity contribution in [1.29, 1.82) is 0 Å². The van der Waals surface area contributed by atoms with Gasteiger partial charge < -0.3 is 9.84 Å². The van der Waals surface area contributed by atoms with Gasteiger partial charge in [0.2, 0.25) is 5.82 Å². The van der Waals surface area contributed by atoms with E-state index in [0.717, 1.165) is 33.8 Å². The smallest absolute Gasteiger partial charge is 0.258 e. The maximum Gasteiger partial charge on any atom is 0.258 e. The molecule has 33 heavy (non-hydrogen) atoms. The van der Waals surface area contributed by atoms with E-state index in [0.29, 0.717) is 21.9 Å². The second-order valence-electron chi connectivity index (χ2n) is 7.69. The Morgan fingerprint density at radius 3 is 2.67 bits per heavy atom. The maximum atomic E-state index is 6.28. The van der Waals surface area contributed by atoms with Crippen molar-refractivity contribution in [3.8, 4) is 10.7 Å². The molecule has 0 aliphatic carbocycles. The number of halogens is 1. The molecule has 0 amide bonds.